The van der Waals surface area contributed by atoms with Crippen LogP contribution in [0.25, 0.3) is 11.3 Å². The molecule has 0 radical (unpaired) electrons. The van der Waals surface area contributed by atoms with E-state index in [-0.39, 0.29) is 11.1 Å². The lowest BCUT2D eigenvalue weighted by Crippen LogP contribution is -2.40. The van der Waals surface area contributed by atoms with Gasteiger partial charge in [0.05, 0.1) is 18.9 Å². The number of benzene rings is 1. The first-order chi connectivity index (χ1) is 14.8. The number of nitrogens with zero attached hydrogens (tertiary/aromatic N) is 1. The molecule has 5 nitrogen and oxygen atoms in total. The number of hydrogen-bond acceptors (Lipinski definition) is 5. The van der Waals surface area contributed by atoms with E-state index in [0.717, 1.165) is 42.7 Å². The van der Waals surface area contributed by atoms with E-state index in [1.54, 1.807) is 0 Å². The number of rotatable bonds is 10. The SMILES string of the molecule is CC(C)(C)[Si](C)(C)OCCCCCOc1nc(-c2ccccc2)ccc1C1COCO1. The number of ether oxygens (including phenoxy) is 3. The molecule has 0 N–H and O–H groups in total. The van der Waals surface area contributed by atoms with Gasteiger partial charge in [0.25, 0.3) is 0 Å². The zero-order chi connectivity index (χ0) is 22.3. The molecular formula is C25H37NO4Si. The van der Waals surface area contributed by atoms with Crippen molar-refractivity contribution in [2.45, 2.75) is 64.3 Å². The molecule has 2 aromatic rings. The third kappa shape index (κ3) is 6.62. The summed E-state index contributed by atoms with van der Waals surface area (Å²) in [5.41, 5.74) is 2.93. The summed E-state index contributed by atoms with van der Waals surface area (Å²) in [6.45, 7) is 13.8. The molecule has 1 aliphatic heterocycles. The first kappa shape index (κ1) is 23.9. The van der Waals surface area contributed by atoms with Gasteiger partial charge < -0.3 is 18.6 Å². The van der Waals surface area contributed by atoms with E-state index in [2.05, 4.69) is 52.1 Å². The van der Waals surface area contributed by atoms with Crippen molar-refractivity contribution in [2.24, 2.45) is 0 Å². The number of unbranched alkanes of at least 4 members (excludes halogenated alkanes) is 2. The van der Waals surface area contributed by atoms with Gasteiger partial charge in [-0.3, -0.25) is 0 Å². The Bertz CT molecular complexity index is 814. The van der Waals surface area contributed by atoms with Gasteiger partial charge >= 0.3 is 0 Å². The van der Waals surface area contributed by atoms with E-state index in [4.69, 9.17) is 23.6 Å². The molecule has 1 saturated heterocycles. The van der Waals surface area contributed by atoms with E-state index >= 15 is 0 Å². The van der Waals surface area contributed by atoms with Crippen molar-refractivity contribution in [3.8, 4) is 17.1 Å². The number of aromatic nitrogens is 1. The van der Waals surface area contributed by atoms with Gasteiger partial charge in [-0.05, 0) is 49.5 Å². The largest absolute Gasteiger partial charge is 0.477 e. The molecule has 0 spiro atoms. The molecule has 2 heterocycles. The number of hydrogen-bond donors (Lipinski definition) is 0. The Labute approximate surface area is 188 Å². The van der Waals surface area contributed by atoms with Crippen LogP contribution in [0.15, 0.2) is 42.5 Å². The quantitative estimate of drug-likeness (QED) is 0.316. The summed E-state index contributed by atoms with van der Waals surface area (Å²) in [6.07, 6.45) is 2.98. The molecule has 0 amide bonds. The Kier molecular flexibility index (Phi) is 8.28. The summed E-state index contributed by atoms with van der Waals surface area (Å²) in [4.78, 5) is 4.80. The van der Waals surface area contributed by atoms with Crippen molar-refractivity contribution in [3.63, 3.8) is 0 Å². The Morgan fingerprint density at radius 3 is 2.42 bits per heavy atom. The van der Waals surface area contributed by atoms with Gasteiger partial charge in [0.2, 0.25) is 5.88 Å². The minimum absolute atomic E-state index is 0.120. The fourth-order valence-electron chi connectivity index (χ4n) is 3.19. The minimum atomic E-state index is -1.65. The highest BCUT2D eigenvalue weighted by atomic mass is 28.4. The fourth-order valence-corrected chi connectivity index (χ4v) is 4.28. The standard InChI is InChI=1S/C25H37NO4Si/c1-25(2,3)31(4,5)30-17-11-7-10-16-28-24-21(23-18-27-19-29-23)14-15-22(26-24)20-12-8-6-9-13-20/h6,8-9,12-15,23H,7,10-11,16-19H2,1-5H3. The van der Waals surface area contributed by atoms with Gasteiger partial charge in [-0.15, -0.1) is 0 Å². The molecule has 1 aliphatic rings. The van der Waals surface area contributed by atoms with Gasteiger partial charge in [0, 0.05) is 17.7 Å². The predicted octanol–water partition coefficient (Wildman–Crippen LogP) is 6.36. The van der Waals surface area contributed by atoms with E-state index < -0.39 is 8.32 Å². The molecule has 0 aliphatic carbocycles. The third-order valence-corrected chi connectivity index (χ3v) is 10.8. The van der Waals surface area contributed by atoms with Gasteiger partial charge in [-0.1, -0.05) is 51.1 Å². The van der Waals surface area contributed by atoms with Gasteiger partial charge in [0.15, 0.2) is 8.32 Å². The van der Waals surface area contributed by atoms with Gasteiger partial charge in [-0.25, -0.2) is 4.98 Å². The first-order valence-corrected chi connectivity index (χ1v) is 14.2. The van der Waals surface area contributed by atoms with Crippen LogP contribution in [-0.4, -0.2) is 39.9 Å². The average molecular weight is 444 g/mol. The van der Waals surface area contributed by atoms with Crippen molar-refractivity contribution < 1.29 is 18.6 Å². The monoisotopic (exact) mass is 443 g/mol. The molecule has 170 valence electrons. The Morgan fingerprint density at radius 1 is 1.00 bits per heavy atom. The van der Waals surface area contributed by atoms with Crippen LogP contribution in [0.4, 0.5) is 0 Å². The molecular weight excluding hydrogens is 406 g/mol. The Balaban J connectivity index is 1.53. The maximum absolute atomic E-state index is 6.27. The Morgan fingerprint density at radius 2 is 1.74 bits per heavy atom. The van der Waals surface area contributed by atoms with Crippen LogP contribution in [0.2, 0.25) is 18.1 Å². The van der Waals surface area contributed by atoms with Crippen molar-refractivity contribution >= 4 is 8.32 Å². The van der Waals surface area contributed by atoms with Crippen LogP contribution in [0.1, 0.15) is 51.7 Å². The first-order valence-electron chi connectivity index (χ1n) is 11.3. The summed E-state index contributed by atoms with van der Waals surface area (Å²) in [5.74, 6) is 0.648. The zero-order valence-corrected chi connectivity index (χ0v) is 20.6. The summed E-state index contributed by atoms with van der Waals surface area (Å²) in [6, 6.07) is 14.2. The molecule has 0 saturated carbocycles. The maximum atomic E-state index is 6.27. The topological polar surface area (TPSA) is 49.8 Å². The summed E-state index contributed by atoms with van der Waals surface area (Å²) >= 11 is 0. The molecule has 1 unspecified atom stereocenters. The molecule has 6 heteroatoms. The van der Waals surface area contributed by atoms with Crippen LogP contribution in [-0.2, 0) is 13.9 Å². The van der Waals surface area contributed by atoms with Crippen molar-refractivity contribution in [3.05, 3.63) is 48.0 Å². The highest BCUT2D eigenvalue weighted by Gasteiger charge is 2.36. The smallest absolute Gasteiger partial charge is 0.219 e. The van der Waals surface area contributed by atoms with E-state index in [1.165, 1.54) is 0 Å². The molecule has 1 atom stereocenters. The van der Waals surface area contributed by atoms with Gasteiger partial charge in [0.1, 0.15) is 12.9 Å². The van der Waals surface area contributed by atoms with Crippen LogP contribution < -0.4 is 4.74 Å². The molecule has 31 heavy (non-hydrogen) atoms. The van der Waals surface area contributed by atoms with E-state index in [9.17, 15) is 0 Å². The third-order valence-electron chi connectivity index (χ3n) is 6.22. The second-order valence-electron chi connectivity index (χ2n) is 9.62. The van der Waals surface area contributed by atoms with Crippen molar-refractivity contribution in [2.75, 3.05) is 26.6 Å². The predicted molar refractivity (Wildman–Crippen MR) is 127 cm³/mol. The Hall–Kier alpha value is -1.73. The van der Waals surface area contributed by atoms with Crippen LogP contribution in [0, 0.1) is 0 Å². The van der Waals surface area contributed by atoms with E-state index in [0.29, 0.717) is 25.9 Å². The highest BCUT2D eigenvalue weighted by molar-refractivity contribution is 6.74. The normalized spacial score (nSPS) is 17.1. The second-order valence-corrected chi connectivity index (χ2v) is 14.4. The second kappa shape index (κ2) is 10.7. The molecule has 1 aromatic heterocycles. The fraction of sp³-hybridized carbons (Fsp3) is 0.560. The van der Waals surface area contributed by atoms with Crippen molar-refractivity contribution in [1.82, 2.24) is 4.98 Å². The molecule has 1 fully saturated rings. The summed E-state index contributed by atoms with van der Waals surface area (Å²) < 4.78 is 23.5. The molecule has 3 rings (SSSR count). The minimum Gasteiger partial charge on any atom is -0.477 e. The summed E-state index contributed by atoms with van der Waals surface area (Å²) in [5, 5.41) is 0.258. The zero-order valence-electron chi connectivity index (χ0n) is 19.6. The van der Waals surface area contributed by atoms with Crippen LogP contribution >= 0.6 is 0 Å². The lowest BCUT2D eigenvalue weighted by Gasteiger charge is -2.36. The van der Waals surface area contributed by atoms with Crippen LogP contribution in [0.5, 0.6) is 5.88 Å². The highest BCUT2D eigenvalue weighted by Crippen LogP contribution is 2.36. The average Bonchev–Trinajstić information content (AvgIpc) is 3.27. The maximum Gasteiger partial charge on any atom is 0.219 e. The lowest BCUT2D eigenvalue weighted by molar-refractivity contribution is 0.0456. The van der Waals surface area contributed by atoms with E-state index in [1.807, 2.05) is 24.3 Å². The van der Waals surface area contributed by atoms with Crippen LogP contribution in [0.3, 0.4) is 0 Å². The molecule has 0 bridgehead atoms. The van der Waals surface area contributed by atoms with Crippen molar-refractivity contribution in [1.29, 1.82) is 0 Å². The van der Waals surface area contributed by atoms with Gasteiger partial charge in [-0.2, -0.15) is 0 Å². The lowest BCUT2D eigenvalue weighted by atomic mass is 10.1. The number of pyridine rings is 1. The summed E-state index contributed by atoms with van der Waals surface area (Å²) in [7, 11) is -1.65. The molecule has 1 aromatic carbocycles.